The van der Waals surface area contributed by atoms with E-state index in [1.165, 1.54) is 12.1 Å². The number of hydrogen-bond acceptors (Lipinski definition) is 4. The summed E-state index contributed by atoms with van der Waals surface area (Å²) in [4.78, 5) is 13.6. The number of para-hydroxylation sites is 1. The standard InChI is InChI=1S/C19H21N3O3/c1-13(14-6-8-17(9-7-14)22(24)25)21-16(12-23)10-15-11-20-19-5-3-2-4-18(15)19/h2-9,11,13,16,20-21,23H,10,12H2,1H3. The van der Waals surface area contributed by atoms with Gasteiger partial charge in [0.2, 0.25) is 0 Å². The molecule has 2 atom stereocenters. The van der Waals surface area contributed by atoms with E-state index < -0.39 is 4.92 Å². The van der Waals surface area contributed by atoms with Gasteiger partial charge < -0.3 is 15.4 Å². The Kier molecular flexibility index (Phi) is 5.11. The zero-order valence-corrected chi connectivity index (χ0v) is 14.0. The number of non-ortho nitro benzene ring substituents is 1. The van der Waals surface area contributed by atoms with Crippen LogP contribution in [0, 0.1) is 10.1 Å². The molecular formula is C19H21N3O3. The summed E-state index contributed by atoms with van der Waals surface area (Å²) >= 11 is 0. The summed E-state index contributed by atoms with van der Waals surface area (Å²) in [7, 11) is 0. The highest BCUT2D eigenvalue weighted by atomic mass is 16.6. The van der Waals surface area contributed by atoms with Crippen LogP contribution in [0.4, 0.5) is 5.69 Å². The van der Waals surface area contributed by atoms with E-state index in [2.05, 4.69) is 16.4 Å². The van der Waals surface area contributed by atoms with E-state index in [1.54, 1.807) is 12.1 Å². The zero-order valence-electron chi connectivity index (χ0n) is 14.0. The van der Waals surface area contributed by atoms with Gasteiger partial charge >= 0.3 is 0 Å². The summed E-state index contributed by atoms with van der Waals surface area (Å²) in [5.41, 5.74) is 3.26. The third kappa shape index (κ3) is 3.87. The molecule has 1 aromatic heterocycles. The normalized spacial score (nSPS) is 13.7. The highest BCUT2D eigenvalue weighted by molar-refractivity contribution is 5.83. The first kappa shape index (κ1) is 17.1. The molecule has 3 aromatic rings. The average Bonchev–Trinajstić information content (AvgIpc) is 3.04. The van der Waals surface area contributed by atoms with Crippen LogP contribution in [0.15, 0.2) is 54.7 Å². The fourth-order valence-electron chi connectivity index (χ4n) is 3.08. The van der Waals surface area contributed by atoms with Crippen molar-refractivity contribution in [1.82, 2.24) is 10.3 Å². The smallest absolute Gasteiger partial charge is 0.269 e. The van der Waals surface area contributed by atoms with E-state index in [9.17, 15) is 15.2 Å². The Labute approximate surface area is 145 Å². The first-order chi connectivity index (χ1) is 12.1. The van der Waals surface area contributed by atoms with Gasteiger partial charge in [0.25, 0.3) is 5.69 Å². The maximum absolute atomic E-state index is 10.7. The highest BCUT2D eigenvalue weighted by Gasteiger charge is 2.16. The van der Waals surface area contributed by atoms with Crippen LogP contribution < -0.4 is 5.32 Å². The summed E-state index contributed by atoms with van der Waals surface area (Å²) < 4.78 is 0. The molecule has 0 aliphatic heterocycles. The third-order valence-corrected chi connectivity index (χ3v) is 4.45. The number of aromatic amines is 1. The molecule has 1 heterocycles. The molecule has 0 bridgehead atoms. The second kappa shape index (κ2) is 7.46. The number of hydrogen-bond donors (Lipinski definition) is 3. The quantitative estimate of drug-likeness (QED) is 0.455. The largest absolute Gasteiger partial charge is 0.395 e. The maximum Gasteiger partial charge on any atom is 0.269 e. The van der Waals surface area contributed by atoms with Gasteiger partial charge in [-0.05, 0) is 30.5 Å². The Morgan fingerprint density at radius 2 is 1.92 bits per heavy atom. The number of nitro benzene ring substituents is 1. The third-order valence-electron chi connectivity index (χ3n) is 4.45. The molecule has 0 saturated carbocycles. The summed E-state index contributed by atoms with van der Waals surface area (Å²) in [5.74, 6) is 0. The fourth-order valence-corrected chi connectivity index (χ4v) is 3.08. The molecule has 0 radical (unpaired) electrons. The van der Waals surface area contributed by atoms with Crippen LogP contribution in [0.3, 0.4) is 0 Å². The molecule has 130 valence electrons. The molecule has 6 heteroatoms. The van der Waals surface area contributed by atoms with Gasteiger partial charge in [0.1, 0.15) is 0 Å². The van der Waals surface area contributed by atoms with E-state index in [0.29, 0.717) is 6.42 Å². The van der Waals surface area contributed by atoms with Gasteiger partial charge in [-0.15, -0.1) is 0 Å². The number of nitrogens with one attached hydrogen (secondary N) is 2. The monoisotopic (exact) mass is 339 g/mol. The summed E-state index contributed by atoms with van der Waals surface area (Å²) in [5, 5.41) is 25.1. The molecule has 0 saturated heterocycles. The van der Waals surface area contributed by atoms with Gasteiger partial charge in [0.05, 0.1) is 11.5 Å². The van der Waals surface area contributed by atoms with Crippen molar-refractivity contribution in [2.45, 2.75) is 25.4 Å². The topological polar surface area (TPSA) is 91.2 Å². The number of nitrogens with zero attached hydrogens (tertiary/aromatic N) is 1. The van der Waals surface area contributed by atoms with Crippen LogP contribution in [0.2, 0.25) is 0 Å². The van der Waals surface area contributed by atoms with Crippen molar-refractivity contribution in [3.05, 3.63) is 76.0 Å². The van der Waals surface area contributed by atoms with Crippen molar-refractivity contribution in [2.75, 3.05) is 6.61 Å². The molecule has 3 rings (SSSR count). The Morgan fingerprint density at radius 1 is 1.20 bits per heavy atom. The first-order valence-electron chi connectivity index (χ1n) is 8.24. The summed E-state index contributed by atoms with van der Waals surface area (Å²) in [6, 6.07) is 14.4. The number of aromatic nitrogens is 1. The van der Waals surface area contributed by atoms with Gasteiger partial charge in [-0.3, -0.25) is 10.1 Å². The second-order valence-electron chi connectivity index (χ2n) is 6.18. The number of benzene rings is 2. The molecule has 25 heavy (non-hydrogen) atoms. The molecule has 0 fully saturated rings. The van der Waals surface area contributed by atoms with Crippen molar-refractivity contribution >= 4 is 16.6 Å². The van der Waals surface area contributed by atoms with Crippen LogP contribution in [0.25, 0.3) is 10.9 Å². The van der Waals surface area contributed by atoms with Crippen LogP contribution >= 0.6 is 0 Å². The Bertz CT molecular complexity index is 858. The van der Waals surface area contributed by atoms with Crippen LogP contribution in [-0.4, -0.2) is 27.7 Å². The lowest BCUT2D eigenvalue weighted by atomic mass is 10.0. The van der Waals surface area contributed by atoms with E-state index in [4.69, 9.17) is 0 Å². The predicted molar refractivity (Wildman–Crippen MR) is 97.5 cm³/mol. The number of aliphatic hydroxyl groups is 1. The van der Waals surface area contributed by atoms with Crippen LogP contribution in [-0.2, 0) is 6.42 Å². The second-order valence-corrected chi connectivity index (χ2v) is 6.18. The van der Waals surface area contributed by atoms with Crippen molar-refractivity contribution in [1.29, 1.82) is 0 Å². The SMILES string of the molecule is CC(NC(CO)Cc1c[nH]c2ccccc12)c1ccc([N+](=O)[O-])cc1. The summed E-state index contributed by atoms with van der Waals surface area (Å²) in [6.07, 6.45) is 2.67. The van der Waals surface area contributed by atoms with Crippen molar-refractivity contribution in [3.63, 3.8) is 0 Å². The molecule has 3 N–H and O–H groups in total. The number of rotatable bonds is 7. The first-order valence-corrected chi connectivity index (χ1v) is 8.24. The van der Waals surface area contributed by atoms with E-state index in [0.717, 1.165) is 22.0 Å². The van der Waals surface area contributed by atoms with E-state index >= 15 is 0 Å². The lowest BCUT2D eigenvalue weighted by Gasteiger charge is -2.22. The number of nitro groups is 1. The average molecular weight is 339 g/mol. The molecule has 0 aliphatic rings. The maximum atomic E-state index is 10.7. The van der Waals surface area contributed by atoms with Gasteiger partial charge in [-0.2, -0.15) is 0 Å². The minimum Gasteiger partial charge on any atom is -0.395 e. The lowest BCUT2D eigenvalue weighted by Crippen LogP contribution is -2.36. The molecule has 0 amide bonds. The van der Waals surface area contributed by atoms with Crippen LogP contribution in [0.1, 0.15) is 24.1 Å². The van der Waals surface area contributed by atoms with E-state index in [-0.39, 0.29) is 24.4 Å². The fraction of sp³-hybridized carbons (Fsp3) is 0.263. The predicted octanol–water partition coefficient (Wildman–Crippen LogP) is 3.33. The Morgan fingerprint density at radius 3 is 2.60 bits per heavy atom. The number of H-pyrrole nitrogens is 1. The van der Waals surface area contributed by atoms with Gasteiger partial charge in [0.15, 0.2) is 0 Å². The minimum atomic E-state index is -0.407. The minimum absolute atomic E-state index is 0.0107. The molecule has 6 nitrogen and oxygen atoms in total. The Hall–Kier alpha value is -2.70. The highest BCUT2D eigenvalue weighted by Crippen LogP contribution is 2.21. The number of fused-ring (bicyclic) bond motifs is 1. The van der Waals surface area contributed by atoms with Gasteiger partial charge in [-0.25, -0.2) is 0 Å². The Balaban J connectivity index is 1.70. The molecule has 0 aliphatic carbocycles. The number of aliphatic hydroxyl groups excluding tert-OH is 1. The molecule has 2 aromatic carbocycles. The molecular weight excluding hydrogens is 318 g/mol. The summed E-state index contributed by atoms with van der Waals surface area (Å²) in [6.45, 7) is 2.00. The van der Waals surface area contributed by atoms with Crippen molar-refractivity contribution in [3.8, 4) is 0 Å². The van der Waals surface area contributed by atoms with E-state index in [1.807, 2.05) is 31.3 Å². The van der Waals surface area contributed by atoms with Crippen molar-refractivity contribution < 1.29 is 10.0 Å². The van der Waals surface area contributed by atoms with Crippen molar-refractivity contribution in [2.24, 2.45) is 0 Å². The molecule has 2 unspecified atom stereocenters. The van der Waals surface area contributed by atoms with Gasteiger partial charge in [0, 0.05) is 41.3 Å². The zero-order chi connectivity index (χ0) is 17.8. The van der Waals surface area contributed by atoms with Crippen LogP contribution in [0.5, 0.6) is 0 Å². The molecule has 0 spiro atoms. The van der Waals surface area contributed by atoms with Gasteiger partial charge in [-0.1, -0.05) is 30.3 Å². The lowest BCUT2D eigenvalue weighted by molar-refractivity contribution is -0.384.